The highest BCUT2D eigenvalue weighted by molar-refractivity contribution is 7.17. The first-order valence-electron chi connectivity index (χ1n) is 8.86. The van der Waals surface area contributed by atoms with Crippen LogP contribution in [0.25, 0.3) is 21.3 Å². The van der Waals surface area contributed by atoms with Gasteiger partial charge in [0.2, 0.25) is 5.91 Å². The Morgan fingerprint density at radius 2 is 1.96 bits per heavy atom. The van der Waals surface area contributed by atoms with Crippen LogP contribution in [0.2, 0.25) is 0 Å². The van der Waals surface area contributed by atoms with Gasteiger partial charge in [-0.25, -0.2) is 4.98 Å². The van der Waals surface area contributed by atoms with E-state index < -0.39 is 0 Å². The van der Waals surface area contributed by atoms with Gasteiger partial charge in [0.25, 0.3) is 5.56 Å². The molecule has 0 aliphatic carbocycles. The van der Waals surface area contributed by atoms with Gasteiger partial charge in [-0.15, -0.1) is 11.3 Å². The molecule has 1 amide bonds. The maximum atomic E-state index is 13.1. The molecule has 1 fully saturated rings. The minimum atomic E-state index is -0.140. The number of rotatable bonds is 3. The predicted octanol–water partition coefficient (Wildman–Crippen LogP) is 3.36. The van der Waals surface area contributed by atoms with Gasteiger partial charge >= 0.3 is 0 Å². The standard InChI is InChI=1S/C20H21N3O2S/c1-13-5-6-15(14(2)9-13)16-11-26-19-18(16)20(25)23(12-21-19)10-17(24)22-7-3-4-8-22/h5-6,9,11-12H,3-4,7-8,10H2,1-2H3. The number of likely N-dealkylation sites (tertiary alicyclic amines) is 1. The van der Waals surface area contributed by atoms with Gasteiger partial charge in [-0.2, -0.15) is 0 Å². The van der Waals surface area contributed by atoms with Gasteiger partial charge in [-0.1, -0.05) is 23.8 Å². The van der Waals surface area contributed by atoms with Crippen molar-refractivity contribution in [3.05, 3.63) is 51.4 Å². The van der Waals surface area contributed by atoms with Gasteiger partial charge in [-0.05, 0) is 37.8 Å². The highest BCUT2D eigenvalue weighted by Gasteiger charge is 2.20. The summed E-state index contributed by atoms with van der Waals surface area (Å²) in [4.78, 5) is 32.5. The molecule has 0 spiro atoms. The highest BCUT2D eigenvalue weighted by atomic mass is 32.1. The zero-order chi connectivity index (χ0) is 18.3. The lowest BCUT2D eigenvalue weighted by Gasteiger charge is -2.15. The lowest BCUT2D eigenvalue weighted by molar-refractivity contribution is -0.130. The molecular formula is C20H21N3O2S. The molecule has 134 valence electrons. The quantitative estimate of drug-likeness (QED) is 0.713. The van der Waals surface area contributed by atoms with E-state index >= 15 is 0 Å². The lowest BCUT2D eigenvalue weighted by Crippen LogP contribution is -2.34. The summed E-state index contributed by atoms with van der Waals surface area (Å²) in [6.45, 7) is 5.74. The van der Waals surface area contributed by atoms with Gasteiger partial charge in [0, 0.05) is 24.0 Å². The van der Waals surface area contributed by atoms with E-state index in [0.717, 1.165) is 47.5 Å². The number of nitrogens with zero attached hydrogens (tertiary/aromatic N) is 3. The number of fused-ring (bicyclic) bond motifs is 1. The van der Waals surface area contributed by atoms with Crippen molar-refractivity contribution in [2.24, 2.45) is 0 Å². The van der Waals surface area contributed by atoms with Crippen molar-refractivity contribution < 1.29 is 4.79 Å². The monoisotopic (exact) mass is 367 g/mol. The molecule has 0 bridgehead atoms. The normalized spacial score (nSPS) is 14.3. The fourth-order valence-corrected chi connectivity index (χ4v) is 4.50. The van der Waals surface area contributed by atoms with E-state index in [1.54, 1.807) is 0 Å². The van der Waals surface area contributed by atoms with E-state index in [1.165, 1.54) is 27.8 Å². The first-order chi connectivity index (χ1) is 12.5. The summed E-state index contributed by atoms with van der Waals surface area (Å²) in [6.07, 6.45) is 3.58. The fourth-order valence-electron chi connectivity index (χ4n) is 3.61. The van der Waals surface area contributed by atoms with Crippen LogP contribution >= 0.6 is 11.3 Å². The average molecular weight is 367 g/mol. The molecule has 4 rings (SSSR count). The van der Waals surface area contributed by atoms with E-state index in [4.69, 9.17) is 0 Å². The largest absolute Gasteiger partial charge is 0.341 e. The summed E-state index contributed by atoms with van der Waals surface area (Å²) < 4.78 is 1.45. The Morgan fingerprint density at radius 3 is 2.69 bits per heavy atom. The molecule has 6 heteroatoms. The van der Waals surface area contributed by atoms with Gasteiger partial charge in [0.05, 0.1) is 11.7 Å². The Kier molecular flexibility index (Phi) is 4.36. The third kappa shape index (κ3) is 2.94. The lowest BCUT2D eigenvalue weighted by atomic mass is 9.99. The molecule has 0 radical (unpaired) electrons. The molecule has 26 heavy (non-hydrogen) atoms. The maximum Gasteiger partial charge on any atom is 0.263 e. The van der Waals surface area contributed by atoms with E-state index in [1.807, 2.05) is 10.3 Å². The number of thiophene rings is 1. The third-order valence-electron chi connectivity index (χ3n) is 5.00. The number of aromatic nitrogens is 2. The van der Waals surface area contributed by atoms with Crippen molar-refractivity contribution in [1.82, 2.24) is 14.5 Å². The number of hydrogen-bond donors (Lipinski definition) is 0. The molecule has 3 aromatic rings. The molecule has 1 aromatic carbocycles. The maximum absolute atomic E-state index is 13.1. The van der Waals surface area contributed by atoms with Crippen molar-refractivity contribution in [1.29, 1.82) is 0 Å². The average Bonchev–Trinajstić information content (AvgIpc) is 3.27. The number of hydrogen-bond acceptors (Lipinski definition) is 4. The summed E-state index contributed by atoms with van der Waals surface area (Å²) in [5, 5.41) is 2.60. The van der Waals surface area contributed by atoms with Gasteiger partial charge < -0.3 is 4.90 Å². The topological polar surface area (TPSA) is 55.2 Å². The molecule has 1 saturated heterocycles. The van der Waals surface area contributed by atoms with Crippen LogP contribution in [-0.4, -0.2) is 33.4 Å². The number of aryl methyl sites for hydroxylation is 2. The SMILES string of the molecule is Cc1ccc(-c2csc3ncn(CC(=O)N4CCCC4)c(=O)c23)c(C)c1. The molecule has 0 N–H and O–H groups in total. The second-order valence-corrected chi connectivity index (χ2v) is 7.77. The minimum absolute atomic E-state index is 0.00551. The smallest absolute Gasteiger partial charge is 0.263 e. The molecule has 5 nitrogen and oxygen atoms in total. The van der Waals surface area contributed by atoms with Crippen LogP contribution in [0, 0.1) is 13.8 Å². The number of carbonyl (C=O) groups is 1. The van der Waals surface area contributed by atoms with E-state index in [2.05, 4.69) is 37.0 Å². The molecule has 0 saturated carbocycles. The Morgan fingerprint density at radius 1 is 1.19 bits per heavy atom. The molecule has 0 unspecified atom stereocenters. The Hall–Kier alpha value is -2.47. The van der Waals surface area contributed by atoms with Gasteiger partial charge in [-0.3, -0.25) is 14.2 Å². The van der Waals surface area contributed by atoms with Gasteiger partial charge in [0.1, 0.15) is 11.4 Å². The van der Waals surface area contributed by atoms with Crippen molar-refractivity contribution in [3.8, 4) is 11.1 Å². The minimum Gasteiger partial charge on any atom is -0.341 e. The number of amides is 1. The van der Waals surface area contributed by atoms with Crippen molar-refractivity contribution in [2.75, 3.05) is 13.1 Å². The first-order valence-corrected chi connectivity index (χ1v) is 9.74. The molecule has 1 aliphatic rings. The van der Waals surface area contributed by atoms with Crippen LogP contribution in [0.5, 0.6) is 0 Å². The highest BCUT2D eigenvalue weighted by Crippen LogP contribution is 2.33. The molecule has 0 atom stereocenters. The van der Waals surface area contributed by atoms with Crippen LogP contribution in [-0.2, 0) is 11.3 Å². The Bertz CT molecular complexity index is 1040. The molecule has 2 aromatic heterocycles. The Labute approximate surface area is 155 Å². The van der Waals surface area contributed by atoms with Crippen LogP contribution in [0.1, 0.15) is 24.0 Å². The summed E-state index contributed by atoms with van der Waals surface area (Å²) >= 11 is 1.47. The summed E-state index contributed by atoms with van der Waals surface area (Å²) in [7, 11) is 0. The van der Waals surface area contributed by atoms with E-state index in [0.29, 0.717) is 5.39 Å². The van der Waals surface area contributed by atoms with Crippen LogP contribution < -0.4 is 5.56 Å². The Balaban J connectivity index is 1.77. The van der Waals surface area contributed by atoms with E-state index in [9.17, 15) is 9.59 Å². The number of benzene rings is 1. The summed E-state index contributed by atoms with van der Waals surface area (Å²) in [6, 6.07) is 6.22. The van der Waals surface area contributed by atoms with Crippen LogP contribution in [0.4, 0.5) is 0 Å². The fraction of sp³-hybridized carbons (Fsp3) is 0.350. The van der Waals surface area contributed by atoms with Gasteiger partial charge in [0.15, 0.2) is 0 Å². The van der Waals surface area contributed by atoms with E-state index in [-0.39, 0.29) is 18.0 Å². The molecule has 1 aliphatic heterocycles. The first kappa shape index (κ1) is 17.0. The van der Waals surface area contributed by atoms with Crippen molar-refractivity contribution in [3.63, 3.8) is 0 Å². The summed E-state index contributed by atoms with van der Waals surface area (Å²) in [5.41, 5.74) is 4.14. The second-order valence-electron chi connectivity index (χ2n) is 6.91. The number of carbonyl (C=O) groups excluding carboxylic acids is 1. The zero-order valence-electron chi connectivity index (χ0n) is 15.0. The predicted molar refractivity (Wildman–Crippen MR) is 105 cm³/mol. The summed E-state index contributed by atoms with van der Waals surface area (Å²) in [5.74, 6) is -0.00551. The van der Waals surface area contributed by atoms with Crippen LogP contribution in [0.15, 0.2) is 34.7 Å². The molecular weight excluding hydrogens is 346 g/mol. The van der Waals surface area contributed by atoms with Crippen molar-refractivity contribution >= 4 is 27.5 Å². The van der Waals surface area contributed by atoms with Crippen molar-refractivity contribution in [2.45, 2.75) is 33.2 Å². The third-order valence-corrected chi connectivity index (χ3v) is 5.88. The zero-order valence-corrected chi connectivity index (χ0v) is 15.8. The van der Waals surface area contributed by atoms with Crippen LogP contribution in [0.3, 0.4) is 0 Å². The second kappa shape index (κ2) is 6.68. The molecule has 3 heterocycles.